The van der Waals surface area contributed by atoms with Gasteiger partial charge < -0.3 is 14.7 Å². The number of hydrogen-bond donors (Lipinski definition) is 2. The molecular weight excluding hydrogens is 448 g/mol. The van der Waals surface area contributed by atoms with E-state index in [4.69, 9.17) is 4.74 Å². The van der Waals surface area contributed by atoms with Crippen LogP contribution in [-0.4, -0.2) is 57.7 Å². The Balaban J connectivity index is 1.21. The van der Waals surface area contributed by atoms with Crippen LogP contribution in [0.3, 0.4) is 0 Å². The van der Waals surface area contributed by atoms with Gasteiger partial charge in [-0.25, -0.2) is 4.98 Å². The molecule has 9 heteroatoms. The first-order valence-corrected chi connectivity index (χ1v) is 12.9. The molecule has 2 aromatic rings. The van der Waals surface area contributed by atoms with Crippen molar-refractivity contribution in [2.24, 2.45) is 5.92 Å². The molecule has 0 unspecified atom stereocenters. The van der Waals surface area contributed by atoms with E-state index in [0.29, 0.717) is 49.2 Å². The number of anilines is 1. The summed E-state index contributed by atoms with van der Waals surface area (Å²) in [6, 6.07) is 5.03. The lowest BCUT2D eigenvalue weighted by Crippen LogP contribution is -2.34. The van der Waals surface area contributed by atoms with Crippen LogP contribution in [-0.2, 0) is 16.1 Å². The van der Waals surface area contributed by atoms with Gasteiger partial charge in [0.2, 0.25) is 17.8 Å². The van der Waals surface area contributed by atoms with Crippen molar-refractivity contribution >= 4 is 28.7 Å². The molecule has 2 amide bonds. The summed E-state index contributed by atoms with van der Waals surface area (Å²) in [7, 11) is 0. The number of amides is 2. The third-order valence-corrected chi connectivity index (χ3v) is 7.02. The minimum absolute atomic E-state index is 0.0167. The highest BCUT2D eigenvalue weighted by Crippen LogP contribution is 2.27. The van der Waals surface area contributed by atoms with Gasteiger partial charge in [0.25, 0.3) is 5.56 Å². The van der Waals surface area contributed by atoms with Crippen molar-refractivity contribution in [3.63, 3.8) is 0 Å². The highest BCUT2D eigenvalue weighted by atomic mass is 16.5. The van der Waals surface area contributed by atoms with Gasteiger partial charge in [0.1, 0.15) is 12.3 Å². The molecule has 1 aliphatic carbocycles. The summed E-state index contributed by atoms with van der Waals surface area (Å²) in [4.78, 5) is 42.9. The third-order valence-electron chi connectivity index (χ3n) is 7.02. The quantitative estimate of drug-likeness (QED) is 0.448. The maximum Gasteiger partial charge on any atom is 0.263 e. The number of nitrogens with zero attached hydrogens (tertiary/aromatic N) is 3. The Bertz CT molecular complexity index is 1090. The highest BCUT2D eigenvalue weighted by molar-refractivity contribution is 5.94. The van der Waals surface area contributed by atoms with Crippen LogP contribution in [0.25, 0.3) is 10.9 Å². The Morgan fingerprint density at radius 3 is 2.77 bits per heavy atom. The molecule has 0 atom stereocenters. The van der Waals surface area contributed by atoms with E-state index in [1.807, 2.05) is 0 Å². The highest BCUT2D eigenvalue weighted by Gasteiger charge is 2.21. The van der Waals surface area contributed by atoms with Gasteiger partial charge in [-0.15, -0.1) is 0 Å². The van der Waals surface area contributed by atoms with Crippen LogP contribution in [0.15, 0.2) is 23.0 Å². The fourth-order valence-corrected chi connectivity index (χ4v) is 5.11. The van der Waals surface area contributed by atoms with Gasteiger partial charge in [-0.2, -0.15) is 0 Å². The van der Waals surface area contributed by atoms with Crippen LogP contribution >= 0.6 is 0 Å². The van der Waals surface area contributed by atoms with Crippen LogP contribution < -0.4 is 15.6 Å². The van der Waals surface area contributed by atoms with E-state index in [1.165, 1.54) is 43.1 Å². The number of ether oxygens (including phenoxy) is 1. The molecule has 0 saturated heterocycles. The van der Waals surface area contributed by atoms with Gasteiger partial charge in [0.05, 0.1) is 24.1 Å². The Hall–Kier alpha value is -2.94. The van der Waals surface area contributed by atoms with Gasteiger partial charge in [-0.1, -0.05) is 44.9 Å². The molecule has 0 spiro atoms. The summed E-state index contributed by atoms with van der Waals surface area (Å²) in [5, 5.41) is 12.4. The van der Waals surface area contributed by atoms with Crippen LogP contribution in [0.5, 0.6) is 5.75 Å². The zero-order valence-electron chi connectivity index (χ0n) is 20.3. The van der Waals surface area contributed by atoms with E-state index in [9.17, 15) is 19.5 Å². The van der Waals surface area contributed by atoms with Crippen LogP contribution in [0, 0.1) is 5.92 Å². The molecule has 1 saturated carbocycles. The summed E-state index contributed by atoms with van der Waals surface area (Å²) in [5.74, 6) is 1.44. The van der Waals surface area contributed by atoms with Gasteiger partial charge in [0, 0.05) is 25.6 Å². The van der Waals surface area contributed by atoms with Crippen molar-refractivity contribution in [3.05, 3.63) is 28.6 Å². The largest absolute Gasteiger partial charge is 0.494 e. The molecule has 0 radical (unpaired) electrons. The summed E-state index contributed by atoms with van der Waals surface area (Å²) in [5.41, 5.74) is 0.197. The predicted octanol–water partition coefficient (Wildman–Crippen LogP) is 3.08. The lowest BCUT2D eigenvalue weighted by molar-refractivity contribution is -0.132. The summed E-state index contributed by atoms with van der Waals surface area (Å²) in [6.45, 7) is 1.37. The number of aliphatic hydroxyl groups is 1. The maximum atomic E-state index is 12.7. The van der Waals surface area contributed by atoms with Crippen molar-refractivity contribution in [2.45, 2.75) is 70.8 Å². The fraction of sp³-hybridized carbons (Fsp3) is 0.615. The number of benzene rings is 1. The van der Waals surface area contributed by atoms with Crippen molar-refractivity contribution in [1.82, 2.24) is 14.5 Å². The van der Waals surface area contributed by atoms with E-state index in [-0.39, 0.29) is 36.5 Å². The Kier molecular flexibility index (Phi) is 8.74. The van der Waals surface area contributed by atoms with Crippen LogP contribution in [0.1, 0.15) is 64.2 Å². The average molecular weight is 485 g/mol. The number of aliphatic hydroxyl groups excluding tert-OH is 1. The van der Waals surface area contributed by atoms with E-state index in [2.05, 4.69) is 10.3 Å². The zero-order chi connectivity index (χ0) is 24.6. The van der Waals surface area contributed by atoms with Gasteiger partial charge in [0.15, 0.2) is 0 Å². The average Bonchev–Trinajstić information content (AvgIpc) is 3.24. The number of rotatable bonds is 12. The number of unbranched alkanes of at least 4 members (excludes halogenated alkanes) is 1. The van der Waals surface area contributed by atoms with E-state index in [1.54, 1.807) is 23.1 Å². The molecule has 9 nitrogen and oxygen atoms in total. The van der Waals surface area contributed by atoms with Gasteiger partial charge >= 0.3 is 0 Å². The zero-order valence-corrected chi connectivity index (χ0v) is 20.3. The third kappa shape index (κ3) is 6.60. The first kappa shape index (κ1) is 25.2. The fourth-order valence-electron chi connectivity index (χ4n) is 5.11. The topological polar surface area (TPSA) is 114 Å². The lowest BCUT2D eigenvalue weighted by atomic mass is 9.86. The molecule has 4 rings (SSSR count). The second-order valence-corrected chi connectivity index (χ2v) is 9.61. The van der Waals surface area contributed by atoms with E-state index in [0.717, 1.165) is 18.8 Å². The van der Waals surface area contributed by atoms with Crippen LogP contribution in [0.4, 0.5) is 5.95 Å². The second kappa shape index (κ2) is 12.2. The molecule has 2 aliphatic rings. The van der Waals surface area contributed by atoms with Crippen molar-refractivity contribution in [2.75, 3.05) is 31.6 Å². The monoisotopic (exact) mass is 484 g/mol. The van der Waals surface area contributed by atoms with Crippen LogP contribution in [0.2, 0.25) is 0 Å². The lowest BCUT2D eigenvalue weighted by Gasteiger charge is -2.24. The van der Waals surface area contributed by atoms with Crippen molar-refractivity contribution in [1.29, 1.82) is 0 Å². The first-order chi connectivity index (χ1) is 17.0. The normalized spacial score (nSPS) is 15.7. The van der Waals surface area contributed by atoms with E-state index >= 15 is 0 Å². The molecule has 1 fully saturated rings. The molecular formula is C26H36N4O5. The molecule has 1 aromatic carbocycles. The smallest absolute Gasteiger partial charge is 0.263 e. The molecule has 190 valence electrons. The minimum atomic E-state index is -0.261. The van der Waals surface area contributed by atoms with Crippen molar-refractivity contribution in [3.8, 4) is 5.75 Å². The SMILES string of the molecule is O=C1Cn2c(nc3cc(OCCCC(=O)N(CCO)CCCCC4CCCCC4)ccc3c2=O)N1. The number of aromatic nitrogens is 2. The number of carbonyl (C=O) groups excluding carboxylic acids is 2. The molecule has 0 bridgehead atoms. The molecule has 35 heavy (non-hydrogen) atoms. The van der Waals surface area contributed by atoms with Gasteiger partial charge in [-0.3, -0.25) is 24.3 Å². The molecule has 2 N–H and O–H groups in total. The number of hydrogen-bond acceptors (Lipinski definition) is 6. The first-order valence-electron chi connectivity index (χ1n) is 12.9. The summed E-state index contributed by atoms with van der Waals surface area (Å²) < 4.78 is 7.12. The predicted molar refractivity (Wildman–Crippen MR) is 133 cm³/mol. The number of nitrogens with one attached hydrogen (secondary N) is 1. The van der Waals surface area contributed by atoms with Crippen molar-refractivity contribution < 1.29 is 19.4 Å². The Morgan fingerprint density at radius 1 is 1.14 bits per heavy atom. The van der Waals surface area contributed by atoms with E-state index < -0.39 is 0 Å². The minimum Gasteiger partial charge on any atom is -0.494 e. The number of fused-ring (bicyclic) bond motifs is 2. The van der Waals surface area contributed by atoms with Gasteiger partial charge in [-0.05, 0) is 30.9 Å². The Labute approximate surface area is 205 Å². The number of carbonyl (C=O) groups is 2. The maximum absolute atomic E-state index is 12.7. The molecule has 2 heterocycles. The molecule has 1 aromatic heterocycles. The summed E-state index contributed by atoms with van der Waals surface area (Å²) in [6.07, 6.45) is 11.1. The summed E-state index contributed by atoms with van der Waals surface area (Å²) >= 11 is 0. The second-order valence-electron chi connectivity index (χ2n) is 9.61. The molecule has 1 aliphatic heterocycles. The Morgan fingerprint density at radius 2 is 1.97 bits per heavy atom. The standard InChI is InChI=1S/C26H36N4O5/c31-15-14-29(13-5-4-9-19-7-2-1-3-8-19)24(33)10-6-16-35-20-11-12-21-22(17-20)27-26-28-23(32)18-30(26)25(21)34/h11-12,17,19,31H,1-10,13-16,18H2,(H,27,28,32).